The first-order chi connectivity index (χ1) is 18.4. The molecule has 0 radical (unpaired) electrons. The molecule has 0 unspecified atom stereocenters. The summed E-state index contributed by atoms with van der Waals surface area (Å²) in [7, 11) is 1.73. The summed E-state index contributed by atoms with van der Waals surface area (Å²) in [6.07, 6.45) is 7.24. The van der Waals surface area contributed by atoms with Crippen LogP contribution in [0.2, 0.25) is 0 Å². The summed E-state index contributed by atoms with van der Waals surface area (Å²) in [5.74, 6) is 2.20. The normalized spacial score (nSPS) is 23.7. The highest BCUT2D eigenvalue weighted by atomic mass is 32.1. The molecule has 2 aliphatic rings. The van der Waals surface area contributed by atoms with E-state index in [0.29, 0.717) is 11.8 Å². The van der Waals surface area contributed by atoms with Crippen LogP contribution in [0.5, 0.6) is 5.75 Å². The van der Waals surface area contributed by atoms with E-state index in [-0.39, 0.29) is 17.9 Å². The first kappa shape index (κ1) is 26.9. The summed E-state index contributed by atoms with van der Waals surface area (Å²) in [4.78, 5) is 20.7. The van der Waals surface area contributed by atoms with E-state index in [9.17, 15) is 9.90 Å². The molecule has 202 valence electrons. The van der Waals surface area contributed by atoms with Gasteiger partial charge in [0.2, 0.25) is 5.91 Å². The van der Waals surface area contributed by atoms with E-state index < -0.39 is 0 Å². The summed E-state index contributed by atoms with van der Waals surface area (Å²) in [5.41, 5.74) is 5.65. The maximum absolute atomic E-state index is 13.9. The van der Waals surface area contributed by atoms with E-state index in [2.05, 4.69) is 64.7 Å². The van der Waals surface area contributed by atoms with Crippen LogP contribution in [0.1, 0.15) is 74.1 Å². The Hall–Kier alpha value is -2.70. The van der Waals surface area contributed by atoms with Crippen molar-refractivity contribution in [3.8, 4) is 16.3 Å². The SMILES string of the molecule is COc1ccc([C@H]2CC[C@H](CN(c3cccc(-c4nc(C)cs4)c3)C(=O)[C@H]3CC[C@H](O)CC3)CC2)cc1C. The first-order valence-electron chi connectivity index (χ1n) is 14.1. The van der Waals surface area contributed by atoms with Crippen LogP contribution in [0.25, 0.3) is 10.6 Å². The van der Waals surface area contributed by atoms with Gasteiger partial charge < -0.3 is 14.7 Å². The third-order valence-electron chi connectivity index (χ3n) is 8.51. The molecular formula is C32H40N2O3S. The van der Waals surface area contributed by atoms with Gasteiger partial charge in [0.15, 0.2) is 0 Å². The van der Waals surface area contributed by atoms with Gasteiger partial charge in [0.25, 0.3) is 0 Å². The van der Waals surface area contributed by atoms with Crippen molar-refractivity contribution in [2.24, 2.45) is 11.8 Å². The van der Waals surface area contributed by atoms with Crippen LogP contribution in [-0.2, 0) is 4.79 Å². The lowest BCUT2D eigenvalue weighted by Gasteiger charge is -2.36. The predicted octanol–water partition coefficient (Wildman–Crippen LogP) is 7.29. The number of aromatic nitrogens is 1. The highest BCUT2D eigenvalue weighted by Crippen LogP contribution is 2.39. The van der Waals surface area contributed by atoms with E-state index in [0.717, 1.165) is 85.6 Å². The van der Waals surface area contributed by atoms with Crippen molar-refractivity contribution in [1.82, 2.24) is 4.98 Å². The van der Waals surface area contributed by atoms with Crippen LogP contribution in [0.4, 0.5) is 5.69 Å². The maximum atomic E-state index is 13.9. The van der Waals surface area contributed by atoms with Gasteiger partial charge in [-0.25, -0.2) is 4.98 Å². The topological polar surface area (TPSA) is 62.7 Å². The van der Waals surface area contributed by atoms with Gasteiger partial charge >= 0.3 is 0 Å². The fraction of sp³-hybridized carbons (Fsp3) is 0.500. The quantitative estimate of drug-likeness (QED) is 0.347. The number of nitrogens with zero attached hydrogens (tertiary/aromatic N) is 2. The number of rotatable bonds is 7. The number of methoxy groups -OCH3 is 1. The molecule has 2 aliphatic carbocycles. The fourth-order valence-electron chi connectivity index (χ4n) is 6.25. The molecule has 0 bridgehead atoms. The Balaban J connectivity index is 1.32. The van der Waals surface area contributed by atoms with Gasteiger partial charge in [-0.15, -0.1) is 11.3 Å². The number of aryl methyl sites for hydroxylation is 2. The lowest BCUT2D eigenvalue weighted by atomic mass is 9.78. The molecular weight excluding hydrogens is 492 g/mol. The van der Waals surface area contributed by atoms with Gasteiger partial charge in [0.1, 0.15) is 10.8 Å². The van der Waals surface area contributed by atoms with Gasteiger partial charge in [0.05, 0.1) is 13.2 Å². The van der Waals surface area contributed by atoms with Crippen LogP contribution in [-0.4, -0.2) is 35.8 Å². The molecule has 0 saturated heterocycles. The van der Waals surface area contributed by atoms with Gasteiger partial charge in [-0.1, -0.05) is 24.3 Å². The third kappa shape index (κ3) is 6.13. The summed E-state index contributed by atoms with van der Waals surface area (Å²) in [6.45, 7) is 4.89. The van der Waals surface area contributed by atoms with E-state index >= 15 is 0 Å². The summed E-state index contributed by atoms with van der Waals surface area (Å²) < 4.78 is 5.45. The Labute approximate surface area is 230 Å². The number of aliphatic hydroxyl groups is 1. The number of carbonyl (C=O) groups excluding carboxylic acids is 1. The number of amides is 1. The number of carbonyl (C=O) groups is 1. The van der Waals surface area contributed by atoms with Gasteiger partial charge in [-0.05, 0) is 106 Å². The molecule has 1 amide bonds. The summed E-state index contributed by atoms with van der Waals surface area (Å²) in [5, 5.41) is 13.1. The predicted molar refractivity (Wildman–Crippen MR) is 155 cm³/mol. The zero-order valence-corrected chi connectivity index (χ0v) is 23.7. The van der Waals surface area contributed by atoms with Crippen LogP contribution in [0.3, 0.4) is 0 Å². The number of anilines is 1. The average Bonchev–Trinajstić information content (AvgIpc) is 3.38. The minimum absolute atomic E-state index is 0.0113. The summed E-state index contributed by atoms with van der Waals surface area (Å²) in [6, 6.07) is 14.9. The molecule has 0 aliphatic heterocycles. The van der Waals surface area contributed by atoms with Crippen LogP contribution in [0.15, 0.2) is 47.8 Å². The van der Waals surface area contributed by atoms with Gasteiger partial charge in [0, 0.05) is 34.8 Å². The highest BCUT2D eigenvalue weighted by molar-refractivity contribution is 7.13. The second kappa shape index (κ2) is 12.0. The second-order valence-electron chi connectivity index (χ2n) is 11.2. The van der Waals surface area contributed by atoms with Crippen molar-refractivity contribution in [3.63, 3.8) is 0 Å². The number of ether oxygens (including phenoxy) is 1. The molecule has 2 aromatic carbocycles. The maximum Gasteiger partial charge on any atom is 0.230 e. The zero-order chi connectivity index (χ0) is 26.6. The molecule has 0 spiro atoms. The molecule has 6 heteroatoms. The van der Waals surface area contributed by atoms with Crippen molar-refractivity contribution in [2.75, 3.05) is 18.6 Å². The Morgan fingerprint density at radius 1 is 1.03 bits per heavy atom. The number of thiazole rings is 1. The number of aliphatic hydroxyl groups excluding tert-OH is 1. The zero-order valence-electron chi connectivity index (χ0n) is 22.9. The molecule has 2 fully saturated rings. The molecule has 38 heavy (non-hydrogen) atoms. The fourth-order valence-corrected chi connectivity index (χ4v) is 7.05. The molecule has 5 nitrogen and oxygen atoms in total. The first-order valence-corrected chi connectivity index (χ1v) is 15.0. The average molecular weight is 533 g/mol. The van der Waals surface area contributed by atoms with E-state index in [1.165, 1.54) is 11.1 Å². The third-order valence-corrected chi connectivity index (χ3v) is 9.52. The van der Waals surface area contributed by atoms with Crippen LogP contribution >= 0.6 is 11.3 Å². The largest absolute Gasteiger partial charge is 0.496 e. The van der Waals surface area contributed by atoms with Crippen molar-refractivity contribution in [3.05, 3.63) is 64.7 Å². The van der Waals surface area contributed by atoms with Crippen molar-refractivity contribution >= 4 is 22.9 Å². The smallest absolute Gasteiger partial charge is 0.230 e. The van der Waals surface area contributed by atoms with E-state index in [1.54, 1.807) is 18.4 Å². The lowest BCUT2D eigenvalue weighted by molar-refractivity contribution is -0.124. The van der Waals surface area contributed by atoms with Crippen LogP contribution < -0.4 is 9.64 Å². The number of benzene rings is 2. The van der Waals surface area contributed by atoms with Crippen molar-refractivity contribution in [1.29, 1.82) is 0 Å². The second-order valence-corrected chi connectivity index (χ2v) is 12.1. The Kier molecular flexibility index (Phi) is 8.49. The molecule has 1 heterocycles. The minimum atomic E-state index is -0.263. The molecule has 1 N–H and O–H groups in total. The highest BCUT2D eigenvalue weighted by Gasteiger charge is 2.32. The number of hydrogen-bond donors (Lipinski definition) is 1. The molecule has 3 aromatic rings. The number of hydrogen-bond acceptors (Lipinski definition) is 5. The Morgan fingerprint density at radius 3 is 2.45 bits per heavy atom. The van der Waals surface area contributed by atoms with Crippen LogP contribution in [0, 0.1) is 25.7 Å². The lowest BCUT2D eigenvalue weighted by Crippen LogP contribution is -2.41. The van der Waals surface area contributed by atoms with E-state index in [4.69, 9.17) is 4.74 Å². The minimum Gasteiger partial charge on any atom is -0.496 e. The summed E-state index contributed by atoms with van der Waals surface area (Å²) >= 11 is 1.65. The monoisotopic (exact) mass is 532 g/mol. The van der Waals surface area contributed by atoms with Crippen molar-refractivity contribution < 1.29 is 14.6 Å². The van der Waals surface area contributed by atoms with Crippen molar-refractivity contribution in [2.45, 2.75) is 77.2 Å². The standard InChI is InChI=1S/C32H40N2O3S/c1-21-17-26(13-16-30(21)37-3)24-9-7-23(8-10-24)19-34(32(36)25-11-14-29(35)15-12-25)28-6-4-5-27(18-28)31-33-22(2)20-38-31/h4-6,13,16-18,20,23-25,29,35H,7-12,14-15,19H2,1-3H3/t23-,24-,25-,29-. The molecule has 1 aromatic heterocycles. The Morgan fingerprint density at radius 2 is 1.79 bits per heavy atom. The van der Waals surface area contributed by atoms with Gasteiger partial charge in [-0.3, -0.25) is 4.79 Å². The Bertz CT molecular complexity index is 1240. The van der Waals surface area contributed by atoms with Gasteiger partial charge in [-0.2, -0.15) is 0 Å². The molecule has 0 atom stereocenters. The van der Waals surface area contributed by atoms with E-state index in [1.807, 2.05) is 6.92 Å². The molecule has 5 rings (SSSR count). The molecule has 2 saturated carbocycles.